The van der Waals surface area contributed by atoms with Crippen molar-refractivity contribution in [3.8, 4) is 5.75 Å². The first kappa shape index (κ1) is 21.3. The Hall–Kier alpha value is -2.23. The van der Waals surface area contributed by atoms with Crippen LogP contribution in [-0.2, 0) is 14.4 Å². The van der Waals surface area contributed by atoms with Gasteiger partial charge in [0.15, 0.2) is 5.78 Å². The van der Waals surface area contributed by atoms with Crippen LogP contribution in [-0.4, -0.2) is 17.3 Å². The Morgan fingerprint density at radius 2 is 1.24 bits per heavy atom. The van der Waals surface area contributed by atoms with E-state index in [4.69, 9.17) is 4.74 Å². The predicted octanol–water partition coefficient (Wildman–Crippen LogP) is 6.23. The number of carbonyl (C=O) groups excluding carboxylic acids is 3. The van der Waals surface area contributed by atoms with Crippen molar-refractivity contribution in [1.29, 1.82) is 0 Å². The van der Waals surface area contributed by atoms with Gasteiger partial charge in [0.25, 0.3) is 0 Å². The number of ether oxygens (including phenoxy) is 1. The number of fused-ring (bicyclic) bond motifs is 1. The summed E-state index contributed by atoms with van der Waals surface area (Å²) in [5.74, 6) is 0.461. The number of hydrogen-bond acceptors (Lipinski definition) is 4. The summed E-state index contributed by atoms with van der Waals surface area (Å²) in [6.07, 6.45) is 13.4. The maximum absolute atomic E-state index is 13.7. The minimum absolute atomic E-state index is 0.00224. The second-order valence-electron chi connectivity index (χ2n) is 11.6. The number of Topliss-reactive ketones (excluding diaryl/α,β-unsaturated/α-hetero) is 3. The molecule has 0 bridgehead atoms. The molecule has 0 N–H and O–H groups in total. The van der Waals surface area contributed by atoms with E-state index in [0.717, 1.165) is 74.9 Å². The normalized spacial score (nSPS) is 29.1. The van der Waals surface area contributed by atoms with Crippen molar-refractivity contribution in [1.82, 2.24) is 0 Å². The lowest BCUT2D eigenvalue weighted by Crippen LogP contribution is -2.46. The maximum atomic E-state index is 13.7. The second kappa shape index (κ2) is 7.92. The summed E-state index contributed by atoms with van der Waals surface area (Å²) in [5, 5.41) is 0. The van der Waals surface area contributed by atoms with Crippen molar-refractivity contribution in [2.45, 2.75) is 95.8 Å². The Bertz CT molecular complexity index is 1020. The Morgan fingerprint density at radius 3 is 1.88 bits per heavy atom. The summed E-state index contributed by atoms with van der Waals surface area (Å²) in [7, 11) is 0. The van der Waals surface area contributed by atoms with Gasteiger partial charge in [-0.3, -0.25) is 14.4 Å². The topological polar surface area (TPSA) is 60.4 Å². The standard InChI is InChI=1S/C29H34O4/c30-20-15-28(11-5-1-6-12-28)16-21(31)26(20)25-19-9-3-4-10-23(19)33-24-18-29(13-7-2-8-14-29)17-22(32)27(24)25/h3-4,9-10,25-26H,1-2,5-8,11-18H2. The number of hydrogen-bond donors (Lipinski definition) is 0. The first-order chi connectivity index (χ1) is 16.0. The van der Waals surface area contributed by atoms with Gasteiger partial charge in [-0.2, -0.15) is 0 Å². The smallest absolute Gasteiger partial charge is 0.163 e. The average molecular weight is 447 g/mol. The zero-order chi connectivity index (χ0) is 22.6. The fourth-order valence-electron chi connectivity index (χ4n) is 7.88. The van der Waals surface area contributed by atoms with Gasteiger partial charge < -0.3 is 4.74 Å². The summed E-state index contributed by atoms with van der Waals surface area (Å²) in [6.45, 7) is 0. The molecule has 0 amide bonds. The highest BCUT2D eigenvalue weighted by molar-refractivity contribution is 6.09. The maximum Gasteiger partial charge on any atom is 0.163 e. The predicted molar refractivity (Wildman–Crippen MR) is 125 cm³/mol. The monoisotopic (exact) mass is 446 g/mol. The van der Waals surface area contributed by atoms with Crippen molar-refractivity contribution >= 4 is 17.3 Å². The summed E-state index contributed by atoms with van der Waals surface area (Å²) in [6, 6.07) is 7.74. The van der Waals surface area contributed by atoms with Gasteiger partial charge in [0.1, 0.15) is 23.1 Å². The van der Waals surface area contributed by atoms with Gasteiger partial charge in [0.2, 0.25) is 0 Å². The fourth-order valence-corrected chi connectivity index (χ4v) is 7.88. The molecule has 0 radical (unpaired) electrons. The molecule has 0 aromatic heterocycles. The molecule has 5 aliphatic rings. The Kier molecular flexibility index (Phi) is 5.12. The summed E-state index contributed by atoms with van der Waals surface area (Å²) < 4.78 is 6.37. The lowest BCUT2D eigenvalue weighted by Gasteiger charge is -2.46. The van der Waals surface area contributed by atoms with E-state index in [0.29, 0.717) is 24.8 Å². The zero-order valence-electron chi connectivity index (χ0n) is 19.5. The molecule has 3 saturated carbocycles. The van der Waals surface area contributed by atoms with Crippen LogP contribution in [0.3, 0.4) is 0 Å². The molecule has 174 valence electrons. The van der Waals surface area contributed by atoms with E-state index in [2.05, 4.69) is 0 Å². The van der Waals surface area contributed by atoms with E-state index < -0.39 is 11.8 Å². The molecule has 1 unspecified atom stereocenters. The van der Waals surface area contributed by atoms with Gasteiger partial charge in [-0.25, -0.2) is 0 Å². The van der Waals surface area contributed by atoms with Crippen LogP contribution < -0.4 is 4.74 Å². The minimum Gasteiger partial charge on any atom is -0.461 e. The summed E-state index contributed by atoms with van der Waals surface area (Å²) in [4.78, 5) is 41.0. The van der Waals surface area contributed by atoms with Crippen molar-refractivity contribution in [2.24, 2.45) is 16.7 Å². The third kappa shape index (κ3) is 3.52. The molecule has 6 rings (SSSR count). The molecule has 1 aromatic rings. The van der Waals surface area contributed by atoms with Crippen LogP contribution in [0.15, 0.2) is 35.6 Å². The van der Waals surface area contributed by atoms with E-state index in [-0.39, 0.29) is 28.2 Å². The van der Waals surface area contributed by atoms with E-state index in [9.17, 15) is 14.4 Å². The van der Waals surface area contributed by atoms with Crippen LogP contribution in [0.1, 0.15) is 101 Å². The molecule has 33 heavy (non-hydrogen) atoms. The lowest BCUT2D eigenvalue weighted by atomic mass is 9.57. The molecule has 0 saturated heterocycles. The minimum atomic E-state index is -0.739. The Balaban J connectivity index is 1.40. The van der Waals surface area contributed by atoms with Gasteiger partial charge in [-0.15, -0.1) is 0 Å². The SMILES string of the molecule is O=C1CC2(CCCCC2)CC2=C1C(C1C(=O)CC3(CCCCC3)CC1=O)c1ccccc1O2. The fraction of sp³-hybridized carbons (Fsp3) is 0.621. The molecule has 1 atom stereocenters. The van der Waals surface area contributed by atoms with Crippen LogP contribution >= 0.6 is 0 Å². The molecular weight excluding hydrogens is 412 g/mol. The van der Waals surface area contributed by atoms with Gasteiger partial charge in [0, 0.05) is 42.7 Å². The average Bonchev–Trinajstić information content (AvgIpc) is 2.79. The molecule has 3 fully saturated rings. The highest BCUT2D eigenvalue weighted by Gasteiger charge is 2.53. The number of ketones is 3. The third-order valence-corrected chi connectivity index (χ3v) is 9.42. The van der Waals surface area contributed by atoms with Crippen molar-refractivity contribution in [2.75, 3.05) is 0 Å². The van der Waals surface area contributed by atoms with Gasteiger partial charge in [-0.05, 0) is 42.6 Å². The van der Waals surface area contributed by atoms with Crippen LogP contribution in [0.2, 0.25) is 0 Å². The quantitative estimate of drug-likeness (QED) is 0.480. The molecule has 1 aliphatic heterocycles. The number of para-hydroxylation sites is 1. The first-order valence-electron chi connectivity index (χ1n) is 13.1. The van der Waals surface area contributed by atoms with Gasteiger partial charge in [-0.1, -0.05) is 56.7 Å². The molecular formula is C29H34O4. The van der Waals surface area contributed by atoms with Crippen LogP contribution in [0.5, 0.6) is 5.75 Å². The summed E-state index contributed by atoms with van der Waals surface area (Å²) >= 11 is 0. The van der Waals surface area contributed by atoms with Crippen molar-refractivity contribution in [3.05, 3.63) is 41.2 Å². The van der Waals surface area contributed by atoms with E-state index >= 15 is 0 Å². The Labute approximate surface area is 196 Å². The number of carbonyl (C=O) groups is 3. The molecule has 2 spiro atoms. The van der Waals surface area contributed by atoms with Crippen LogP contribution in [0.4, 0.5) is 0 Å². The van der Waals surface area contributed by atoms with E-state index in [1.807, 2.05) is 24.3 Å². The molecule has 1 heterocycles. The van der Waals surface area contributed by atoms with Crippen LogP contribution in [0.25, 0.3) is 0 Å². The van der Waals surface area contributed by atoms with Crippen molar-refractivity contribution in [3.63, 3.8) is 0 Å². The molecule has 1 aromatic carbocycles. The number of allylic oxidation sites excluding steroid dienone is 2. The zero-order valence-corrected chi connectivity index (χ0v) is 19.5. The largest absolute Gasteiger partial charge is 0.461 e. The highest BCUT2D eigenvalue weighted by atomic mass is 16.5. The number of rotatable bonds is 1. The lowest BCUT2D eigenvalue weighted by molar-refractivity contribution is -0.142. The van der Waals surface area contributed by atoms with Gasteiger partial charge in [0.05, 0.1) is 5.92 Å². The first-order valence-corrected chi connectivity index (χ1v) is 13.1. The molecule has 4 nitrogen and oxygen atoms in total. The number of benzene rings is 1. The van der Waals surface area contributed by atoms with Gasteiger partial charge >= 0.3 is 0 Å². The van der Waals surface area contributed by atoms with Crippen molar-refractivity contribution < 1.29 is 19.1 Å². The summed E-state index contributed by atoms with van der Waals surface area (Å²) in [5.41, 5.74) is 1.34. The van der Waals surface area contributed by atoms with Crippen LogP contribution in [0, 0.1) is 16.7 Å². The van der Waals surface area contributed by atoms with E-state index in [1.165, 1.54) is 12.8 Å². The molecule has 4 heteroatoms. The molecule has 4 aliphatic carbocycles. The third-order valence-electron chi connectivity index (χ3n) is 9.42. The second-order valence-corrected chi connectivity index (χ2v) is 11.6. The highest BCUT2D eigenvalue weighted by Crippen LogP contribution is 2.56. The van der Waals surface area contributed by atoms with E-state index in [1.54, 1.807) is 0 Å². The Morgan fingerprint density at radius 1 is 0.667 bits per heavy atom.